The van der Waals surface area contributed by atoms with E-state index in [1.807, 2.05) is 0 Å². The zero-order valence-electron chi connectivity index (χ0n) is 23.8. The highest BCUT2D eigenvalue weighted by Gasteiger charge is 2.66. The first-order valence-electron chi connectivity index (χ1n) is 14.7. The van der Waals surface area contributed by atoms with Gasteiger partial charge < -0.3 is 9.47 Å². The third-order valence-corrected chi connectivity index (χ3v) is 11.2. The van der Waals surface area contributed by atoms with Crippen LogP contribution in [0.1, 0.15) is 113 Å². The highest BCUT2D eigenvalue weighted by atomic mass is 16.5. The van der Waals surface area contributed by atoms with E-state index in [0.717, 1.165) is 38.0 Å². The van der Waals surface area contributed by atoms with Crippen LogP contribution in [0, 0.1) is 52.3 Å². The Kier molecular flexibility index (Phi) is 7.99. The number of rotatable bonds is 7. The van der Waals surface area contributed by atoms with Gasteiger partial charge in [0.1, 0.15) is 18.0 Å². The standard InChI is InChI=1S/C31H50O5/c1-18(2)9-8-10-19(3)24-11-12-25-28-26(34)16-22-15-23(35-20(4)32)13-14-30(22,6)29(28)27(36-21(5)33)17-31(24,25)7/h18-19,22-25,27-29H,8-17H2,1-7H3/t19-,22?,23?,24-,25+,27?,28-,29+,30+,31-/m1/s1. The number of carbonyl (C=O) groups excluding carboxylic acids is 3. The van der Waals surface area contributed by atoms with Crippen LogP contribution in [0.5, 0.6) is 0 Å². The second-order valence-electron chi connectivity index (χ2n) is 13.9. The molecule has 204 valence electrons. The average molecular weight is 503 g/mol. The topological polar surface area (TPSA) is 69.7 Å². The van der Waals surface area contributed by atoms with E-state index >= 15 is 0 Å². The Morgan fingerprint density at radius 3 is 2.31 bits per heavy atom. The number of fused-ring (bicyclic) bond motifs is 5. The lowest BCUT2D eigenvalue weighted by molar-refractivity contribution is -0.201. The zero-order chi connectivity index (χ0) is 26.4. The van der Waals surface area contributed by atoms with Crippen LogP contribution < -0.4 is 0 Å². The molecule has 0 radical (unpaired) electrons. The fourth-order valence-corrected chi connectivity index (χ4v) is 9.66. The molecule has 36 heavy (non-hydrogen) atoms. The van der Waals surface area contributed by atoms with Gasteiger partial charge in [0.15, 0.2) is 0 Å². The quantitative estimate of drug-likeness (QED) is 0.360. The Bertz CT molecular complexity index is 850. The van der Waals surface area contributed by atoms with Gasteiger partial charge in [-0.05, 0) is 78.9 Å². The number of ether oxygens (including phenoxy) is 2. The monoisotopic (exact) mass is 502 g/mol. The van der Waals surface area contributed by atoms with Gasteiger partial charge in [-0.2, -0.15) is 0 Å². The molecule has 10 atom stereocenters. The summed E-state index contributed by atoms with van der Waals surface area (Å²) >= 11 is 0. The van der Waals surface area contributed by atoms with Gasteiger partial charge in [0, 0.05) is 32.1 Å². The second kappa shape index (κ2) is 10.4. The maximum atomic E-state index is 13.9. The number of carbonyl (C=O) groups is 3. The van der Waals surface area contributed by atoms with Crippen molar-refractivity contribution in [2.75, 3.05) is 0 Å². The first-order valence-corrected chi connectivity index (χ1v) is 14.7. The SMILES string of the molecule is CC(=O)OC1CC[C@@]2(C)C(CC(=O)[C@H]3[C@@H]4CC[C@H]([C@H](C)CCCC(C)C)[C@@]4(C)CC(OC(C)=O)[C@@H]32)C1. The summed E-state index contributed by atoms with van der Waals surface area (Å²) < 4.78 is 11.7. The van der Waals surface area contributed by atoms with Crippen LogP contribution in [-0.4, -0.2) is 29.9 Å². The molecule has 3 unspecified atom stereocenters. The first-order chi connectivity index (χ1) is 16.9. The molecule has 0 aromatic carbocycles. The summed E-state index contributed by atoms with van der Waals surface area (Å²) in [5.74, 6) is 2.43. The lowest BCUT2D eigenvalue weighted by atomic mass is 9.43. The minimum Gasteiger partial charge on any atom is -0.463 e. The van der Waals surface area contributed by atoms with E-state index in [0.29, 0.717) is 30.0 Å². The third kappa shape index (κ3) is 5.01. The fourth-order valence-electron chi connectivity index (χ4n) is 9.66. The Balaban J connectivity index is 1.62. The predicted octanol–water partition coefficient (Wildman–Crippen LogP) is 6.76. The van der Waals surface area contributed by atoms with Gasteiger partial charge in [0.05, 0.1) is 0 Å². The molecule has 4 aliphatic carbocycles. The van der Waals surface area contributed by atoms with Gasteiger partial charge in [-0.25, -0.2) is 0 Å². The van der Waals surface area contributed by atoms with E-state index in [9.17, 15) is 14.4 Å². The van der Waals surface area contributed by atoms with Crippen LogP contribution in [0.3, 0.4) is 0 Å². The van der Waals surface area contributed by atoms with Crippen LogP contribution in [0.4, 0.5) is 0 Å². The van der Waals surface area contributed by atoms with Gasteiger partial charge in [-0.1, -0.05) is 53.9 Å². The Hall–Kier alpha value is -1.39. The van der Waals surface area contributed by atoms with Gasteiger partial charge in [-0.3, -0.25) is 14.4 Å². The smallest absolute Gasteiger partial charge is 0.302 e. The van der Waals surface area contributed by atoms with Gasteiger partial charge in [-0.15, -0.1) is 0 Å². The molecule has 4 fully saturated rings. The summed E-state index contributed by atoms with van der Waals surface area (Å²) in [4.78, 5) is 37.9. The number of Topliss-reactive ketones (excluding diaryl/α,β-unsaturated/α-hetero) is 1. The summed E-state index contributed by atoms with van der Waals surface area (Å²) in [7, 11) is 0. The van der Waals surface area contributed by atoms with Gasteiger partial charge in [0.25, 0.3) is 0 Å². The average Bonchev–Trinajstić information content (AvgIpc) is 3.10. The Morgan fingerprint density at radius 2 is 1.67 bits per heavy atom. The van der Waals surface area contributed by atoms with E-state index in [1.54, 1.807) is 0 Å². The number of hydrogen-bond donors (Lipinski definition) is 0. The van der Waals surface area contributed by atoms with Crippen molar-refractivity contribution < 1.29 is 23.9 Å². The molecule has 4 aliphatic rings. The minimum absolute atomic E-state index is 0.0208. The Labute approximate surface area is 218 Å². The Morgan fingerprint density at radius 1 is 0.972 bits per heavy atom. The molecule has 0 N–H and O–H groups in total. The summed E-state index contributed by atoms with van der Waals surface area (Å²) in [6.07, 6.45) is 9.69. The molecule has 0 amide bonds. The van der Waals surface area contributed by atoms with Crippen LogP contribution in [0.15, 0.2) is 0 Å². The normalized spacial score (nSPS) is 42.8. The summed E-state index contributed by atoms with van der Waals surface area (Å²) in [5, 5.41) is 0. The first kappa shape index (κ1) is 27.6. The molecule has 0 bridgehead atoms. The summed E-state index contributed by atoms with van der Waals surface area (Å²) in [6, 6.07) is 0. The fraction of sp³-hybridized carbons (Fsp3) is 0.903. The number of hydrogen-bond acceptors (Lipinski definition) is 5. The van der Waals surface area contributed by atoms with Crippen molar-refractivity contribution in [2.24, 2.45) is 52.3 Å². The van der Waals surface area contributed by atoms with Crippen molar-refractivity contribution in [3.05, 3.63) is 0 Å². The van der Waals surface area contributed by atoms with Crippen molar-refractivity contribution in [1.82, 2.24) is 0 Å². The van der Waals surface area contributed by atoms with Crippen molar-refractivity contribution >= 4 is 17.7 Å². The molecular formula is C31H50O5. The van der Waals surface area contributed by atoms with E-state index < -0.39 is 0 Å². The lowest BCUT2D eigenvalue weighted by Gasteiger charge is -2.62. The maximum absolute atomic E-state index is 13.9. The number of esters is 2. The van der Waals surface area contributed by atoms with Crippen LogP contribution >= 0.6 is 0 Å². The van der Waals surface area contributed by atoms with Crippen LogP contribution in [-0.2, 0) is 23.9 Å². The van der Waals surface area contributed by atoms with Crippen LogP contribution in [0.25, 0.3) is 0 Å². The molecule has 0 aliphatic heterocycles. The minimum atomic E-state index is -0.241. The highest BCUT2D eigenvalue weighted by Crippen LogP contribution is 2.68. The predicted molar refractivity (Wildman–Crippen MR) is 140 cm³/mol. The van der Waals surface area contributed by atoms with Gasteiger partial charge in [0.2, 0.25) is 0 Å². The number of ketones is 1. The van der Waals surface area contributed by atoms with Crippen LogP contribution in [0.2, 0.25) is 0 Å². The molecular weight excluding hydrogens is 452 g/mol. The van der Waals surface area contributed by atoms with E-state index in [1.165, 1.54) is 39.5 Å². The molecule has 4 rings (SSSR count). The summed E-state index contributed by atoms with van der Waals surface area (Å²) in [5.41, 5.74) is -0.0377. The van der Waals surface area contributed by atoms with E-state index in [2.05, 4.69) is 34.6 Å². The molecule has 5 heteroatoms. The van der Waals surface area contributed by atoms with E-state index in [-0.39, 0.29) is 52.7 Å². The molecule has 0 aromatic rings. The van der Waals surface area contributed by atoms with Crippen molar-refractivity contribution in [3.8, 4) is 0 Å². The largest absolute Gasteiger partial charge is 0.463 e. The molecule has 0 spiro atoms. The van der Waals surface area contributed by atoms with Crippen molar-refractivity contribution in [2.45, 2.75) is 125 Å². The van der Waals surface area contributed by atoms with Crippen molar-refractivity contribution in [1.29, 1.82) is 0 Å². The molecule has 4 saturated carbocycles. The highest BCUT2D eigenvalue weighted by molar-refractivity contribution is 5.84. The third-order valence-electron chi connectivity index (χ3n) is 11.2. The lowest BCUT2D eigenvalue weighted by Crippen LogP contribution is -2.62. The van der Waals surface area contributed by atoms with Crippen molar-refractivity contribution in [3.63, 3.8) is 0 Å². The van der Waals surface area contributed by atoms with Gasteiger partial charge >= 0.3 is 11.9 Å². The molecule has 0 saturated heterocycles. The molecule has 0 heterocycles. The summed E-state index contributed by atoms with van der Waals surface area (Å²) in [6.45, 7) is 14.8. The second-order valence-corrected chi connectivity index (χ2v) is 13.9. The van der Waals surface area contributed by atoms with E-state index in [4.69, 9.17) is 9.47 Å². The maximum Gasteiger partial charge on any atom is 0.302 e. The zero-order valence-corrected chi connectivity index (χ0v) is 23.8. The molecule has 0 aromatic heterocycles. The molecule has 5 nitrogen and oxygen atoms in total.